The van der Waals surface area contributed by atoms with Crippen LogP contribution in [0, 0.1) is 4.91 Å². The number of rotatable bonds is 4. The van der Waals surface area contributed by atoms with Gasteiger partial charge < -0.3 is 4.90 Å². The Hall–Kier alpha value is -0.440. The van der Waals surface area contributed by atoms with Gasteiger partial charge >= 0.3 is 0 Å². The molecule has 0 saturated heterocycles. The minimum Gasteiger partial charge on any atom is -0.301 e. The van der Waals surface area contributed by atoms with Crippen molar-refractivity contribution in [1.82, 2.24) is 4.90 Å². The van der Waals surface area contributed by atoms with Crippen molar-refractivity contribution < 1.29 is 0 Å². The first-order valence-electron chi connectivity index (χ1n) is 5.26. The van der Waals surface area contributed by atoms with Gasteiger partial charge in [-0.05, 0) is 26.8 Å². The number of nitroso groups, excluding NO2 is 1. The van der Waals surface area contributed by atoms with E-state index < -0.39 is 0 Å². The molecular weight excluding hydrogens is 164 g/mol. The van der Waals surface area contributed by atoms with Gasteiger partial charge in [0.1, 0.15) is 6.04 Å². The highest BCUT2D eigenvalue weighted by Gasteiger charge is 2.19. The predicted molar refractivity (Wildman–Crippen MR) is 54.8 cm³/mol. The first-order valence-corrected chi connectivity index (χ1v) is 5.26. The Kier molecular flexibility index (Phi) is 4.36. The Morgan fingerprint density at radius 2 is 2.00 bits per heavy atom. The van der Waals surface area contributed by atoms with Crippen LogP contribution in [0.15, 0.2) is 5.18 Å². The topological polar surface area (TPSA) is 32.7 Å². The third-order valence-electron chi connectivity index (χ3n) is 2.93. The molecule has 1 aliphatic rings. The molecule has 0 aliphatic heterocycles. The quantitative estimate of drug-likeness (QED) is 0.628. The maximum Gasteiger partial charge on any atom is 0.102 e. The van der Waals surface area contributed by atoms with Crippen molar-refractivity contribution in [2.75, 3.05) is 13.6 Å². The van der Waals surface area contributed by atoms with Crippen molar-refractivity contribution in [1.29, 1.82) is 0 Å². The number of hydrogen-bond acceptors (Lipinski definition) is 3. The van der Waals surface area contributed by atoms with Crippen molar-refractivity contribution in [3.63, 3.8) is 0 Å². The normalized spacial score (nSPS) is 21.8. The van der Waals surface area contributed by atoms with Gasteiger partial charge in [-0.2, -0.15) is 4.91 Å². The molecule has 0 aromatic carbocycles. The summed E-state index contributed by atoms with van der Waals surface area (Å²) in [7, 11) is 2.11. The van der Waals surface area contributed by atoms with Crippen LogP contribution in [0.3, 0.4) is 0 Å². The second-order valence-electron chi connectivity index (χ2n) is 4.19. The lowest BCUT2D eigenvalue weighted by molar-refractivity contribution is 0.185. The summed E-state index contributed by atoms with van der Waals surface area (Å²) in [6, 6.07) is 0.630. The molecule has 1 unspecified atom stereocenters. The molecule has 0 N–H and O–H groups in total. The van der Waals surface area contributed by atoms with E-state index in [9.17, 15) is 4.91 Å². The summed E-state index contributed by atoms with van der Waals surface area (Å²) < 4.78 is 0. The molecule has 13 heavy (non-hydrogen) atoms. The van der Waals surface area contributed by atoms with Crippen LogP contribution >= 0.6 is 0 Å². The van der Waals surface area contributed by atoms with Gasteiger partial charge in [0.05, 0.1) is 0 Å². The van der Waals surface area contributed by atoms with E-state index in [0.29, 0.717) is 6.04 Å². The van der Waals surface area contributed by atoms with Crippen molar-refractivity contribution in [3.8, 4) is 0 Å². The van der Waals surface area contributed by atoms with Crippen molar-refractivity contribution in [3.05, 3.63) is 4.91 Å². The maximum absolute atomic E-state index is 10.2. The summed E-state index contributed by atoms with van der Waals surface area (Å²) in [5.74, 6) is 0. The fraction of sp³-hybridized carbons (Fsp3) is 1.00. The highest BCUT2D eigenvalue weighted by atomic mass is 16.3. The molecule has 76 valence electrons. The van der Waals surface area contributed by atoms with Crippen molar-refractivity contribution in [2.24, 2.45) is 5.18 Å². The van der Waals surface area contributed by atoms with Gasteiger partial charge in [0, 0.05) is 12.6 Å². The minimum absolute atomic E-state index is 0.0630. The van der Waals surface area contributed by atoms with Crippen LogP contribution in [0.4, 0.5) is 0 Å². The summed E-state index contributed by atoms with van der Waals surface area (Å²) in [6.07, 6.45) is 6.66. The molecule has 0 aromatic heterocycles. The molecular formula is C10H20N2O. The van der Waals surface area contributed by atoms with Crippen molar-refractivity contribution >= 4 is 0 Å². The van der Waals surface area contributed by atoms with Gasteiger partial charge in [0.25, 0.3) is 0 Å². The zero-order valence-corrected chi connectivity index (χ0v) is 8.70. The largest absolute Gasteiger partial charge is 0.301 e. The molecule has 1 saturated carbocycles. The summed E-state index contributed by atoms with van der Waals surface area (Å²) >= 11 is 0. The Morgan fingerprint density at radius 1 is 1.38 bits per heavy atom. The van der Waals surface area contributed by atoms with Crippen LogP contribution in [-0.2, 0) is 0 Å². The average Bonchev–Trinajstić information content (AvgIpc) is 2.19. The van der Waals surface area contributed by atoms with Gasteiger partial charge in [0.15, 0.2) is 0 Å². The van der Waals surface area contributed by atoms with Gasteiger partial charge in [-0.15, -0.1) is 0 Å². The molecule has 1 fully saturated rings. The molecule has 0 aromatic rings. The van der Waals surface area contributed by atoms with E-state index in [2.05, 4.69) is 17.1 Å². The third kappa shape index (κ3) is 3.43. The molecule has 0 spiro atoms. The smallest absolute Gasteiger partial charge is 0.102 e. The maximum atomic E-state index is 10.2. The molecule has 1 aliphatic carbocycles. The average molecular weight is 184 g/mol. The highest BCUT2D eigenvalue weighted by molar-refractivity contribution is 4.76. The number of likely N-dealkylation sites (N-methyl/N-ethyl adjacent to an activating group) is 1. The zero-order valence-electron chi connectivity index (χ0n) is 8.70. The molecule has 3 nitrogen and oxygen atoms in total. The minimum atomic E-state index is -0.0630. The fourth-order valence-corrected chi connectivity index (χ4v) is 2.12. The molecule has 0 heterocycles. The summed E-state index contributed by atoms with van der Waals surface area (Å²) in [5, 5.41) is 3.03. The van der Waals surface area contributed by atoms with Crippen LogP contribution in [-0.4, -0.2) is 30.6 Å². The van der Waals surface area contributed by atoms with E-state index in [1.807, 2.05) is 6.92 Å². The second kappa shape index (κ2) is 5.32. The monoisotopic (exact) mass is 184 g/mol. The van der Waals surface area contributed by atoms with Gasteiger partial charge in [0.2, 0.25) is 0 Å². The Labute approximate surface area is 80.5 Å². The zero-order chi connectivity index (χ0) is 9.68. The number of hydrogen-bond donors (Lipinski definition) is 0. The summed E-state index contributed by atoms with van der Waals surface area (Å²) in [5.41, 5.74) is 0. The van der Waals surface area contributed by atoms with Gasteiger partial charge in [-0.25, -0.2) is 0 Å². The lowest BCUT2D eigenvalue weighted by Gasteiger charge is -2.31. The first kappa shape index (κ1) is 10.6. The molecule has 0 bridgehead atoms. The molecule has 0 amide bonds. The third-order valence-corrected chi connectivity index (χ3v) is 2.93. The van der Waals surface area contributed by atoms with Gasteiger partial charge in [-0.1, -0.05) is 24.4 Å². The van der Waals surface area contributed by atoms with E-state index in [4.69, 9.17) is 0 Å². The van der Waals surface area contributed by atoms with E-state index in [-0.39, 0.29) is 6.04 Å². The lowest BCUT2D eigenvalue weighted by Crippen LogP contribution is -2.37. The lowest BCUT2D eigenvalue weighted by atomic mass is 9.94. The Balaban J connectivity index is 2.28. The summed E-state index contributed by atoms with van der Waals surface area (Å²) in [4.78, 5) is 12.5. The van der Waals surface area contributed by atoms with Crippen molar-refractivity contribution in [2.45, 2.75) is 51.1 Å². The van der Waals surface area contributed by atoms with E-state index >= 15 is 0 Å². The molecule has 1 atom stereocenters. The summed E-state index contributed by atoms with van der Waals surface area (Å²) in [6.45, 7) is 2.69. The Morgan fingerprint density at radius 3 is 2.54 bits per heavy atom. The number of nitrogens with zero attached hydrogens (tertiary/aromatic N) is 2. The molecule has 0 radical (unpaired) electrons. The van der Waals surface area contributed by atoms with E-state index in [1.165, 1.54) is 32.1 Å². The molecule has 3 heteroatoms. The molecule has 1 rings (SSSR count). The van der Waals surface area contributed by atoms with E-state index in [1.54, 1.807) is 0 Å². The van der Waals surface area contributed by atoms with Crippen LogP contribution in [0.2, 0.25) is 0 Å². The second-order valence-corrected chi connectivity index (χ2v) is 4.19. The SMILES string of the molecule is CC(CN(C)C1CCCCC1)N=O. The van der Waals surface area contributed by atoms with Crippen LogP contribution in [0.5, 0.6) is 0 Å². The highest BCUT2D eigenvalue weighted by Crippen LogP contribution is 2.21. The van der Waals surface area contributed by atoms with Gasteiger partial charge in [-0.3, -0.25) is 0 Å². The first-order chi connectivity index (χ1) is 6.24. The van der Waals surface area contributed by atoms with Crippen LogP contribution in [0.25, 0.3) is 0 Å². The fourth-order valence-electron chi connectivity index (χ4n) is 2.12. The van der Waals surface area contributed by atoms with E-state index in [0.717, 1.165) is 6.54 Å². The Bertz CT molecular complexity index is 155. The van der Waals surface area contributed by atoms with Crippen LogP contribution < -0.4 is 0 Å². The standard InChI is InChI=1S/C10H20N2O/c1-9(11-13)8-12(2)10-6-4-3-5-7-10/h9-10H,3-8H2,1-2H3. The van der Waals surface area contributed by atoms with Crippen LogP contribution in [0.1, 0.15) is 39.0 Å². The predicted octanol–water partition coefficient (Wildman–Crippen LogP) is 2.41.